The average Bonchev–Trinajstić information content (AvgIpc) is 2.72. The van der Waals surface area contributed by atoms with Crippen molar-refractivity contribution in [3.63, 3.8) is 0 Å². The van der Waals surface area contributed by atoms with Crippen molar-refractivity contribution in [3.05, 3.63) is 10.4 Å². The van der Waals surface area contributed by atoms with Crippen molar-refractivity contribution < 1.29 is 4.79 Å². The summed E-state index contributed by atoms with van der Waals surface area (Å²) in [5.74, 6) is -0.202. The van der Waals surface area contributed by atoms with E-state index >= 15 is 0 Å². The number of amides is 1. The number of nitrogen functional groups attached to an aromatic ring is 1. The molecule has 0 aliphatic rings. The van der Waals surface area contributed by atoms with Gasteiger partial charge in [-0.25, -0.2) is 0 Å². The molecule has 0 spiro atoms. The summed E-state index contributed by atoms with van der Waals surface area (Å²) in [7, 11) is 1.87. The van der Waals surface area contributed by atoms with E-state index in [2.05, 4.69) is 11.4 Å². The van der Waals surface area contributed by atoms with Crippen LogP contribution in [-0.4, -0.2) is 26.0 Å². The molecule has 1 amide bonds. The minimum absolute atomic E-state index is 0.202. The van der Waals surface area contributed by atoms with Gasteiger partial charge in [-0.3, -0.25) is 4.79 Å². The van der Waals surface area contributed by atoms with E-state index in [1.807, 2.05) is 25.8 Å². The first kappa shape index (κ1) is 14.3. The summed E-state index contributed by atoms with van der Waals surface area (Å²) < 4.78 is 0. The first-order valence-corrected chi connectivity index (χ1v) is 6.70. The molecule has 0 saturated heterocycles. The quantitative estimate of drug-likeness (QED) is 0.851. The van der Waals surface area contributed by atoms with Gasteiger partial charge in [-0.1, -0.05) is 6.92 Å². The lowest BCUT2D eigenvalue weighted by Gasteiger charge is -2.14. The van der Waals surface area contributed by atoms with Gasteiger partial charge >= 0.3 is 0 Å². The number of nitrogens with two attached hydrogens (primary N) is 1. The highest BCUT2D eigenvalue weighted by Crippen LogP contribution is 2.37. The normalized spacial score (nSPS) is 9.89. The zero-order valence-corrected chi connectivity index (χ0v) is 11.7. The Kier molecular flexibility index (Phi) is 4.98. The highest BCUT2D eigenvalue weighted by Gasteiger charge is 2.22. The fourth-order valence-corrected chi connectivity index (χ4v) is 2.55. The summed E-state index contributed by atoms with van der Waals surface area (Å²) in [5.41, 5.74) is 6.56. The van der Waals surface area contributed by atoms with Gasteiger partial charge in [0.15, 0.2) is 0 Å². The first-order chi connectivity index (χ1) is 8.56. The molecule has 3 N–H and O–H groups in total. The number of nitrogens with one attached hydrogen (secondary N) is 1. The van der Waals surface area contributed by atoms with Gasteiger partial charge in [0.1, 0.15) is 21.5 Å². The molecule has 0 aliphatic carbocycles. The van der Waals surface area contributed by atoms with Gasteiger partial charge in [-0.15, -0.1) is 11.3 Å². The van der Waals surface area contributed by atoms with E-state index in [4.69, 9.17) is 11.0 Å². The molecule has 98 valence electrons. The van der Waals surface area contributed by atoms with Crippen LogP contribution in [-0.2, 0) is 0 Å². The lowest BCUT2D eigenvalue weighted by Crippen LogP contribution is -2.23. The zero-order valence-electron chi connectivity index (χ0n) is 10.9. The van der Waals surface area contributed by atoms with Crippen LogP contribution in [0.1, 0.15) is 35.5 Å². The number of thiophene rings is 1. The highest BCUT2D eigenvalue weighted by atomic mass is 32.1. The van der Waals surface area contributed by atoms with Crippen molar-refractivity contribution in [2.45, 2.75) is 20.3 Å². The highest BCUT2D eigenvalue weighted by molar-refractivity contribution is 7.19. The van der Waals surface area contributed by atoms with Gasteiger partial charge in [-0.2, -0.15) is 5.26 Å². The van der Waals surface area contributed by atoms with Gasteiger partial charge < -0.3 is 16.0 Å². The van der Waals surface area contributed by atoms with E-state index in [9.17, 15) is 4.79 Å². The second-order valence-corrected chi connectivity index (χ2v) is 4.91. The molecule has 0 radical (unpaired) electrons. The smallest absolute Gasteiger partial charge is 0.263 e. The predicted molar refractivity (Wildman–Crippen MR) is 75.0 cm³/mol. The van der Waals surface area contributed by atoms with Crippen LogP contribution in [0, 0.1) is 11.3 Å². The maximum absolute atomic E-state index is 11.9. The van der Waals surface area contributed by atoms with Gasteiger partial charge in [0.05, 0.1) is 5.69 Å². The molecule has 0 unspecified atom stereocenters. The lowest BCUT2D eigenvalue weighted by molar-refractivity contribution is 0.0958. The van der Waals surface area contributed by atoms with Gasteiger partial charge in [-0.05, 0) is 13.3 Å². The second-order valence-electron chi connectivity index (χ2n) is 3.91. The van der Waals surface area contributed by atoms with Gasteiger partial charge in [0.2, 0.25) is 0 Å². The molecule has 0 fully saturated rings. The molecular weight excluding hydrogens is 248 g/mol. The number of carbonyl (C=O) groups excluding carboxylic acids is 1. The Morgan fingerprint density at radius 1 is 1.56 bits per heavy atom. The Morgan fingerprint density at radius 3 is 2.72 bits per heavy atom. The molecule has 1 rings (SSSR count). The largest absolute Gasteiger partial charge is 0.396 e. The molecule has 1 aromatic heterocycles. The molecule has 0 atom stereocenters. The van der Waals surface area contributed by atoms with E-state index in [0.717, 1.165) is 18.0 Å². The van der Waals surface area contributed by atoms with Gasteiger partial charge in [0, 0.05) is 20.1 Å². The second kappa shape index (κ2) is 6.26. The van der Waals surface area contributed by atoms with Crippen molar-refractivity contribution in [3.8, 4) is 6.07 Å². The van der Waals surface area contributed by atoms with E-state index < -0.39 is 0 Å². The average molecular weight is 266 g/mol. The monoisotopic (exact) mass is 266 g/mol. The summed E-state index contributed by atoms with van der Waals surface area (Å²) in [5, 5.41) is 12.7. The van der Waals surface area contributed by atoms with Crippen LogP contribution in [0.15, 0.2) is 0 Å². The van der Waals surface area contributed by atoms with Crippen molar-refractivity contribution in [2.75, 3.05) is 30.8 Å². The fourth-order valence-electron chi connectivity index (χ4n) is 1.44. The molecule has 1 heterocycles. The Labute approximate surface area is 111 Å². The molecule has 1 aromatic rings. The molecule has 0 saturated carbocycles. The zero-order chi connectivity index (χ0) is 13.7. The minimum atomic E-state index is -0.202. The van der Waals surface area contributed by atoms with Crippen LogP contribution in [0.5, 0.6) is 0 Å². The number of rotatable bonds is 5. The van der Waals surface area contributed by atoms with Crippen LogP contribution in [0.25, 0.3) is 0 Å². The molecule has 18 heavy (non-hydrogen) atoms. The molecule has 6 heteroatoms. The van der Waals surface area contributed by atoms with Crippen LogP contribution < -0.4 is 16.0 Å². The van der Waals surface area contributed by atoms with E-state index in [1.165, 1.54) is 11.3 Å². The Bertz CT molecular complexity index is 475. The van der Waals surface area contributed by atoms with Crippen LogP contribution in [0.3, 0.4) is 0 Å². The number of hydrogen-bond acceptors (Lipinski definition) is 5. The number of nitrogens with zero attached hydrogens (tertiary/aromatic N) is 2. The maximum Gasteiger partial charge on any atom is 0.263 e. The lowest BCUT2D eigenvalue weighted by atomic mass is 10.2. The summed E-state index contributed by atoms with van der Waals surface area (Å²) >= 11 is 1.27. The third kappa shape index (κ3) is 2.74. The summed E-state index contributed by atoms with van der Waals surface area (Å²) in [6, 6.07) is 2.07. The summed E-state index contributed by atoms with van der Waals surface area (Å²) in [4.78, 5) is 14.2. The summed E-state index contributed by atoms with van der Waals surface area (Å²) in [6.45, 7) is 5.32. The van der Waals surface area contributed by atoms with Crippen molar-refractivity contribution in [1.29, 1.82) is 5.26 Å². The number of hydrogen-bond donors (Lipinski definition) is 2. The molecule has 0 aliphatic heterocycles. The van der Waals surface area contributed by atoms with Crippen molar-refractivity contribution in [2.24, 2.45) is 0 Å². The molecule has 0 bridgehead atoms. The van der Waals surface area contributed by atoms with Crippen LogP contribution in [0.4, 0.5) is 10.7 Å². The first-order valence-electron chi connectivity index (χ1n) is 5.88. The van der Waals surface area contributed by atoms with E-state index in [1.54, 1.807) is 0 Å². The molecule has 5 nitrogen and oxygen atoms in total. The summed E-state index contributed by atoms with van der Waals surface area (Å²) in [6.07, 6.45) is 0.865. The fraction of sp³-hybridized carbons (Fsp3) is 0.500. The Morgan fingerprint density at radius 2 is 2.22 bits per heavy atom. The van der Waals surface area contributed by atoms with E-state index in [-0.39, 0.29) is 11.6 Å². The topological polar surface area (TPSA) is 82.2 Å². The number of nitriles is 1. The standard InChI is InChI=1S/C12H18N4OS/c1-4-6-15-11(17)10-9(14)8(7-13)12(18-10)16(3)5-2/h4-6,14H2,1-3H3,(H,15,17). The predicted octanol–water partition coefficient (Wildman–Crippen LogP) is 1.80. The third-order valence-electron chi connectivity index (χ3n) is 2.60. The van der Waals surface area contributed by atoms with Gasteiger partial charge in [0.25, 0.3) is 5.91 Å². The maximum atomic E-state index is 11.9. The van der Waals surface area contributed by atoms with Crippen molar-refractivity contribution >= 4 is 27.9 Å². The Balaban J connectivity index is 3.12. The Hall–Kier alpha value is -1.74. The van der Waals surface area contributed by atoms with Crippen LogP contribution >= 0.6 is 11.3 Å². The number of carbonyl (C=O) groups is 1. The molecular formula is C12H18N4OS. The van der Waals surface area contributed by atoms with Crippen LogP contribution in [0.2, 0.25) is 0 Å². The molecule has 0 aromatic carbocycles. The van der Waals surface area contributed by atoms with Crippen molar-refractivity contribution in [1.82, 2.24) is 5.32 Å². The SMILES string of the molecule is CCCNC(=O)c1sc(N(C)CC)c(C#N)c1N. The van der Waals surface area contributed by atoms with E-state index in [0.29, 0.717) is 17.0 Å². The third-order valence-corrected chi connectivity index (χ3v) is 3.92. The minimum Gasteiger partial charge on any atom is -0.396 e. The number of anilines is 2.